The summed E-state index contributed by atoms with van der Waals surface area (Å²) in [5.74, 6) is -0.161. The number of benzene rings is 2. The third kappa shape index (κ3) is 4.01. The number of hydrogen-bond acceptors (Lipinski definition) is 7. The van der Waals surface area contributed by atoms with Gasteiger partial charge in [0.2, 0.25) is 0 Å². The molecule has 2 aromatic carbocycles. The van der Waals surface area contributed by atoms with E-state index in [1.165, 1.54) is 11.2 Å². The summed E-state index contributed by atoms with van der Waals surface area (Å²) in [7, 11) is 1.93. The number of nitrogens with zero attached hydrogens (tertiary/aromatic N) is 2. The average Bonchev–Trinajstić information content (AvgIpc) is 3.49. The van der Waals surface area contributed by atoms with Gasteiger partial charge < -0.3 is 23.9 Å². The number of fused-ring (bicyclic) bond motifs is 1. The maximum Gasteiger partial charge on any atom is 0.300 e. The van der Waals surface area contributed by atoms with Crippen molar-refractivity contribution in [2.24, 2.45) is 0 Å². The van der Waals surface area contributed by atoms with E-state index >= 15 is 0 Å². The fraction of sp³-hybridized carbons (Fsp3) is 0.259. The number of ether oxygens (including phenoxy) is 2. The van der Waals surface area contributed by atoms with Crippen LogP contribution >= 0.6 is 0 Å². The van der Waals surface area contributed by atoms with Gasteiger partial charge in [0, 0.05) is 24.4 Å². The van der Waals surface area contributed by atoms with Crippen molar-refractivity contribution >= 4 is 28.8 Å². The Morgan fingerprint density at radius 3 is 2.77 bits per heavy atom. The first-order valence-electron chi connectivity index (χ1n) is 11.5. The Kier molecular flexibility index (Phi) is 5.94. The molecule has 1 N–H and O–H groups in total. The molecule has 1 amide bonds. The van der Waals surface area contributed by atoms with Gasteiger partial charge in [-0.1, -0.05) is 13.0 Å². The Morgan fingerprint density at radius 2 is 2.00 bits per heavy atom. The van der Waals surface area contributed by atoms with Gasteiger partial charge in [0.15, 0.2) is 0 Å². The van der Waals surface area contributed by atoms with Crippen molar-refractivity contribution in [2.75, 3.05) is 36.6 Å². The summed E-state index contributed by atoms with van der Waals surface area (Å²) >= 11 is 0. The number of furan rings is 1. The zero-order valence-electron chi connectivity index (χ0n) is 19.6. The molecule has 1 aromatic heterocycles. The predicted octanol–water partition coefficient (Wildman–Crippen LogP) is 4.52. The van der Waals surface area contributed by atoms with Gasteiger partial charge in [-0.25, -0.2) is 0 Å². The zero-order valence-corrected chi connectivity index (χ0v) is 19.6. The molecule has 0 saturated carbocycles. The van der Waals surface area contributed by atoms with Crippen LogP contribution in [0, 0.1) is 0 Å². The minimum absolute atomic E-state index is 0.0378. The molecule has 0 spiro atoms. The molecule has 2 aliphatic heterocycles. The van der Waals surface area contributed by atoms with Crippen molar-refractivity contribution < 1.29 is 28.6 Å². The van der Waals surface area contributed by atoms with Gasteiger partial charge in [0.1, 0.15) is 35.7 Å². The van der Waals surface area contributed by atoms with Gasteiger partial charge >= 0.3 is 0 Å². The van der Waals surface area contributed by atoms with Crippen LogP contribution in [0.15, 0.2) is 70.9 Å². The second-order valence-electron chi connectivity index (χ2n) is 8.48. The number of rotatable bonds is 6. The molecular weight excluding hydrogens is 448 g/mol. The molecular formula is C27H26N2O6. The molecule has 1 unspecified atom stereocenters. The molecule has 0 aliphatic carbocycles. The molecule has 1 saturated heterocycles. The van der Waals surface area contributed by atoms with Crippen LogP contribution in [-0.4, -0.2) is 43.6 Å². The summed E-state index contributed by atoms with van der Waals surface area (Å²) < 4.78 is 17.1. The number of carbonyl (C=O) groups is 2. The lowest BCUT2D eigenvalue weighted by molar-refractivity contribution is -0.132. The summed E-state index contributed by atoms with van der Waals surface area (Å²) in [5.41, 5.74) is 1.64. The quantitative estimate of drug-likeness (QED) is 0.319. The van der Waals surface area contributed by atoms with E-state index in [1.807, 2.05) is 18.9 Å². The number of anilines is 2. The first-order valence-corrected chi connectivity index (χ1v) is 11.5. The number of likely N-dealkylation sites (N-methyl/N-ethyl adjacent to an activating group) is 1. The molecule has 1 fully saturated rings. The highest BCUT2D eigenvalue weighted by Crippen LogP contribution is 2.44. The van der Waals surface area contributed by atoms with E-state index in [4.69, 9.17) is 13.9 Å². The number of carbonyl (C=O) groups excluding carboxylic acids is 2. The van der Waals surface area contributed by atoms with Crippen LogP contribution in [0.3, 0.4) is 0 Å². The molecule has 0 radical (unpaired) electrons. The van der Waals surface area contributed by atoms with Gasteiger partial charge in [-0.05, 0) is 48.9 Å². The summed E-state index contributed by atoms with van der Waals surface area (Å²) in [4.78, 5) is 30.0. The number of ketones is 1. The first kappa shape index (κ1) is 22.6. The van der Waals surface area contributed by atoms with Gasteiger partial charge in [-0.2, -0.15) is 0 Å². The summed E-state index contributed by atoms with van der Waals surface area (Å²) in [6, 6.07) is 14.6. The predicted molar refractivity (Wildman–Crippen MR) is 131 cm³/mol. The number of aliphatic hydroxyl groups excluding tert-OH is 1. The van der Waals surface area contributed by atoms with Gasteiger partial charge in [0.25, 0.3) is 11.7 Å². The SMILES string of the molecule is CCCOc1cccc(N2C(=O)C(=O)/C(=C(\O)c3ccc4c(c3)N(C)CCO4)C2c2ccco2)c1. The smallest absolute Gasteiger partial charge is 0.300 e. The molecule has 8 heteroatoms. The van der Waals surface area contributed by atoms with Gasteiger partial charge in [-0.3, -0.25) is 14.5 Å². The standard InChI is InChI=1S/C27H26N2O6/c1-3-12-33-19-7-4-6-18(16-19)29-24(22-8-5-13-34-22)23(26(31)27(29)32)25(30)17-9-10-21-20(15-17)28(2)11-14-35-21/h4-10,13,15-16,24,30H,3,11-12,14H2,1-2H3/b25-23-. The van der Waals surface area contributed by atoms with E-state index in [2.05, 4.69) is 0 Å². The third-order valence-corrected chi connectivity index (χ3v) is 6.15. The van der Waals surface area contributed by atoms with E-state index in [-0.39, 0.29) is 11.3 Å². The molecule has 5 rings (SSSR count). The lowest BCUT2D eigenvalue weighted by Crippen LogP contribution is -2.29. The monoisotopic (exact) mass is 474 g/mol. The Bertz CT molecular complexity index is 1300. The Labute approximate surface area is 203 Å². The maximum absolute atomic E-state index is 13.3. The van der Waals surface area contributed by atoms with Crippen molar-refractivity contribution in [1.82, 2.24) is 0 Å². The van der Waals surface area contributed by atoms with Crippen LogP contribution in [0.2, 0.25) is 0 Å². The minimum atomic E-state index is -0.934. The van der Waals surface area contributed by atoms with Crippen LogP contribution in [0.4, 0.5) is 11.4 Å². The van der Waals surface area contributed by atoms with Crippen molar-refractivity contribution in [1.29, 1.82) is 0 Å². The first-order chi connectivity index (χ1) is 17.0. The van der Waals surface area contributed by atoms with E-state index in [0.717, 1.165) is 12.1 Å². The van der Waals surface area contributed by atoms with Crippen molar-refractivity contribution in [3.63, 3.8) is 0 Å². The topological polar surface area (TPSA) is 92.5 Å². The van der Waals surface area contributed by atoms with E-state index < -0.39 is 17.7 Å². The molecule has 8 nitrogen and oxygen atoms in total. The third-order valence-electron chi connectivity index (χ3n) is 6.15. The normalized spacial score (nSPS) is 19.0. The van der Waals surface area contributed by atoms with Gasteiger partial charge in [-0.15, -0.1) is 0 Å². The van der Waals surface area contributed by atoms with Crippen LogP contribution < -0.4 is 19.3 Å². The molecule has 180 valence electrons. The number of hydrogen-bond donors (Lipinski definition) is 1. The summed E-state index contributed by atoms with van der Waals surface area (Å²) in [6.07, 6.45) is 2.31. The van der Waals surface area contributed by atoms with Crippen molar-refractivity contribution in [2.45, 2.75) is 19.4 Å². The molecule has 3 aromatic rings. The second kappa shape index (κ2) is 9.21. The highest BCUT2D eigenvalue weighted by molar-refractivity contribution is 6.51. The van der Waals surface area contributed by atoms with Crippen LogP contribution in [0.5, 0.6) is 11.5 Å². The highest BCUT2D eigenvalue weighted by atomic mass is 16.5. The Morgan fingerprint density at radius 1 is 1.14 bits per heavy atom. The van der Waals surface area contributed by atoms with E-state index in [0.29, 0.717) is 48.3 Å². The second-order valence-corrected chi connectivity index (χ2v) is 8.48. The fourth-order valence-electron chi connectivity index (χ4n) is 4.41. The fourth-order valence-corrected chi connectivity index (χ4v) is 4.41. The molecule has 35 heavy (non-hydrogen) atoms. The number of aliphatic hydroxyl groups is 1. The molecule has 3 heterocycles. The largest absolute Gasteiger partial charge is 0.507 e. The number of Topliss-reactive ketones (excluding diaryl/α,β-unsaturated/α-hetero) is 1. The number of amides is 1. The maximum atomic E-state index is 13.3. The Balaban J connectivity index is 1.63. The highest BCUT2D eigenvalue weighted by Gasteiger charge is 2.48. The van der Waals surface area contributed by atoms with Crippen LogP contribution in [-0.2, 0) is 9.59 Å². The van der Waals surface area contributed by atoms with Crippen LogP contribution in [0.25, 0.3) is 5.76 Å². The van der Waals surface area contributed by atoms with E-state index in [9.17, 15) is 14.7 Å². The minimum Gasteiger partial charge on any atom is -0.507 e. The zero-order chi connectivity index (χ0) is 24.5. The molecule has 1 atom stereocenters. The lowest BCUT2D eigenvalue weighted by Gasteiger charge is -2.28. The van der Waals surface area contributed by atoms with Gasteiger partial charge in [0.05, 0.1) is 30.7 Å². The van der Waals surface area contributed by atoms with Crippen molar-refractivity contribution in [3.8, 4) is 11.5 Å². The molecule has 2 aliphatic rings. The Hall–Kier alpha value is -4.20. The summed E-state index contributed by atoms with van der Waals surface area (Å²) in [6.45, 7) is 3.80. The van der Waals surface area contributed by atoms with Crippen molar-refractivity contribution in [3.05, 3.63) is 77.8 Å². The summed E-state index contributed by atoms with van der Waals surface area (Å²) in [5, 5.41) is 11.4. The average molecular weight is 475 g/mol. The van der Waals surface area contributed by atoms with E-state index in [1.54, 1.807) is 54.6 Å². The van der Waals surface area contributed by atoms with Crippen LogP contribution in [0.1, 0.15) is 30.7 Å². The molecule has 0 bridgehead atoms. The lowest BCUT2D eigenvalue weighted by atomic mass is 9.98.